The largest absolute Gasteiger partial charge is 0.352 e. The number of primary amides is 1. The summed E-state index contributed by atoms with van der Waals surface area (Å²) < 4.78 is 0. The summed E-state index contributed by atoms with van der Waals surface area (Å²) in [5, 5.41) is 8.34. The molecule has 0 spiro atoms. The summed E-state index contributed by atoms with van der Waals surface area (Å²) in [6.07, 6.45) is 0.750. The van der Waals surface area contributed by atoms with E-state index < -0.39 is 12.1 Å². The molecule has 0 fully saturated rings. The molecule has 0 bridgehead atoms. The number of nitrogens with one attached hydrogen (secondary N) is 2. The second kappa shape index (κ2) is 7.92. The van der Waals surface area contributed by atoms with Gasteiger partial charge in [-0.05, 0) is 25.0 Å². The predicted octanol–water partition coefficient (Wildman–Crippen LogP) is 3.14. The third-order valence-electron chi connectivity index (χ3n) is 3.86. The van der Waals surface area contributed by atoms with Crippen LogP contribution in [-0.2, 0) is 4.79 Å². The van der Waals surface area contributed by atoms with E-state index in [-0.39, 0.29) is 11.8 Å². The van der Waals surface area contributed by atoms with Gasteiger partial charge < -0.3 is 16.4 Å². The molecule has 0 aliphatic heterocycles. The first-order valence-corrected chi connectivity index (χ1v) is 8.68. The fraction of sp³-hybridized carbons (Fsp3) is 0.353. The highest BCUT2D eigenvalue weighted by Crippen LogP contribution is 2.23. The summed E-state index contributed by atoms with van der Waals surface area (Å²) in [6.45, 7) is 5.82. The van der Waals surface area contributed by atoms with E-state index in [1.165, 1.54) is 0 Å². The lowest BCUT2D eigenvalue weighted by Gasteiger charge is -2.22. The Hall–Kier alpha value is -2.41. The van der Waals surface area contributed by atoms with Gasteiger partial charge in [-0.15, -0.1) is 11.3 Å². The van der Waals surface area contributed by atoms with Gasteiger partial charge in [0, 0.05) is 16.6 Å². The van der Waals surface area contributed by atoms with Crippen LogP contribution in [0.1, 0.15) is 25.3 Å². The standard InChI is InChI=1S/C17H22N4O2S/c1-4-10(2)15(21-17(18)23)16(22)20-13-7-5-12(6-8-13)14-9-24-11(3)19-14/h5-10,15H,4H2,1-3H3,(H,20,22)(H3,18,21,23)/t10-,15-/m0/s1. The highest BCUT2D eigenvalue weighted by Gasteiger charge is 2.25. The third-order valence-corrected chi connectivity index (χ3v) is 4.63. The highest BCUT2D eigenvalue weighted by atomic mass is 32.1. The van der Waals surface area contributed by atoms with Crippen LogP contribution in [-0.4, -0.2) is 23.0 Å². The summed E-state index contributed by atoms with van der Waals surface area (Å²) in [5.74, 6) is -0.296. The van der Waals surface area contributed by atoms with Gasteiger partial charge in [0.15, 0.2) is 0 Å². The average Bonchev–Trinajstić information content (AvgIpc) is 2.98. The van der Waals surface area contributed by atoms with E-state index in [1.54, 1.807) is 11.3 Å². The van der Waals surface area contributed by atoms with Crippen molar-refractivity contribution < 1.29 is 9.59 Å². The molecule has 1 aromatic heterocycles. The van der Waals surface area contributed by atoms with E-state index in [4.69, 9.17) is 5.73 Å². The molecule has 0 aliphatic rings. The predicted molar refractivity (Wildman–Crippen MR) is 96.9 cm³/mol. The summed E-state index contributed by atoms with van der Waals surface area (Å²) in [7, 11) is 0. The SMILES string of the molecule is CC[C@H](C)[C@H](NC(N)=O)C(=O)Nc1ccc(-c2csc(C)n2)cc1. The number of rotatable bonds is 6. The van der Waals surface area contributed by atoms with Crippen LogP contribution in [0.5, 0.6) is 0 Å². The smallest absolute Gasteiger partial charge is 0.312 e. The van der Waals surface area contributed by atoms with E-state index in [9.17, 15) is 9.59 Å². The molecule has 1 heterocycles. The number of anilines is 1. The number of carbonyl (C=O) groups is 2. The zero-order valence-electron chi connectivity index (χ0n) is 14.0. The van der Waals surface area contributed by atoms with E-state index in [0.717, 1.165) is 22.7 Å². The average molecular weight is 346 g/mol. The summed E-state index contributed by atoms with van der Waals surface area (Å²) in [5.41, 5.74) is 7.74. The number of hydrogen-bond acceptors (Lipinski definition) is 4. The zero-order chi connectivity index (χ0) is 17.7. The van der Waals surface area contributed by atoms with Crippen molar-refractivity contribution in [2.75, 3.05) is 5.32 Å². The normalized spacial score (nSPS) is 13.1. The van der Waals surface area contributed by atoms with Gasteiger partial charge in [-0.25, -0.2) is 9.78 Å². The van der Waals surface area contributed by atoms with Crippen molar-refractivity contribution in [2.24, 2.45) is 11.7 Å². The number of nitrogens with two attached hydrogens (primary N) is 1. The molecule has 2 atom stereocenters. The monoisotopic (exact) mass is 346 g/mol. The van der Waals surface area contributed by atoms with Gasteiger partial charge >= 0.3 is 6.03 Å². The topological polar surface area (TPSA) is 97.1 Å². The van der Waals surface area contributed by atoms with Gasteiger partial charge in [0.05, 0.1) is 10.7 Å². The van der Waals surface area contributed by atoms with Gasteiger partial charge in [-0.1, -0.05) is 32.4 Å². The Labute approximate surface area is 145 Å². The van der Waals surface area contributed by atoms with Gasteiger partial charge in [0.1, 0.15) is 6.04 Å². The number of aryl methyl sites for hydroxylation is 1. The van der Waals surface area contributed by atoms with Gasteiger partial charge in [-0.2, -0.15) is 0 Å². The fourth-order valence-electron chi connectivity index (χ4n) is 2.30. The third kappa shape index (κ3) is 4.55. The van der Waals surface area contributed by atoms with Gasteiger partial charge in [0.25, 0.3) is 0 Å². The Morgan fingerprint density at radius 2 is 1.96 bits per heavy atom. The maximum absolute atomic E-state index is 12.4. The van der Waals surface area contributed by atoms with Crippen LogP contribution in [0, 0.1) is 12.8 Å². The van der Waals surface area contributed by atoms with Crippen molar-refractivity contribution in [1.29, 1.82) is 0 Å². The van der Waals surface area contributed by atoms with E-state index >= 15 is 0 Å². The molecule has 1 aromatic carbocycles. The molecule has 2 aromatic rings. The van der Waals surface area contributed by atoms with E-state index in [2.05, 4.69) is 15.6 Å². The Kier molecular flexibility index (Phi) is 5.92. The van der Waals surface area contributed by atoms with Crippen molar-refractivity contribution in [2.45, 2.75) is 33.2 Å². The van der Waals surface area contributed by atoms with Crippen molar-refractivity contribution >= 4 is 29.0 Å². The Bertz CT molecular complexity index is 712. The number of aromatic nitrogens is 1. The number of hydrogen-bond donors (Lipinski definition) is 3. The lowest BCUT2D eigenvalue weighted by molar-refractivity contribution is -0.119. The molecule has 0 radical (unpaired) electrons. The Morgan fingerprint density at radius 3 is 2.46 bits per heavy atom. The summed E-state index contributed by atoms with van der Waals surface area (Å²) >= 11 is 1.60. The summed E-state index contributed by atoms with van der Waals surface area (Å²) in [4.78, 5) is 28.0. The van der Waals surface area contributed by atoms with E-state index in [1.807, 2.05) is 50.4 Å². The lowest BCUT2D eigenvalue weighted by atomic mass is 9.98. The number of benzene rings is 1. The van der Waals surface area contributed by atoms with Gasteiger partial charge in [0.2, 0.25) is 5.91 Å². The highest BCUT2D eigenvalue weighted by molar-refractivity contribution is 7.09. The molecular weight excluding hydrogens is 324 g/mol. The van der Waals surface area contributed by atoms with Crippen LogP contribution in [0.2, 0.25) is 0 Å². The maximum atomic E-state index is 12.4. The second-order valence-corrected chi connectivity index (χ2v) is 6.75. The molecule has 2 rings (SSSR count). The van der Waals surface area contributed by atoms with Crippen molar-refractivity contribution in [1.82, 2.24) is 10.3 Å². The number of carbonyl (C=O) groups excluding carboxylic acids is 2. The molecule has 24 heavy (non-hydrogen) atoms. The first kappa shape index (κ1) is 17.9. The fourth-order valence-corrected chi connectivity index (χ4v) is 2.92. The molecule has 4 N–H and O–H groups in total. The first-order chi connectivity index (χ1) is 11.4. The molecular formula is C17H22N4O2S. The molecule has 0 saturated heterocycles. The van der Waals surface area contributed by atoms with Crippen LogP contribution >= 0.6 is 11.3 Å². The van der Waals surface area contributed by atoms with Crippen molar-refractivity contribution in [3.05, 3.63) is 34.7 Å². The minimum atomic E-state index is -0.704. The molecule has 0 aliphatic carbocycles. The maximum Gasteiger partial charge on any atom is 0.312 e. The molecule has 7 heteroatoms. The van der Waals surface area contributed by atoms with E-state index in [0.29, 0.717) is 5.69 Å². The van der Waals surface area contributed by atoms with Crippen LogP contribution in [0.25, 0.3) is 11.3 Å². The van der Waals surface area contributed by atoms with Crippen LogP contribution in [0.4, 0.5) is 10.5 Å². The molecule has 128 valence electrons. The van der Waals surface area contributed by atoms with Crippen molar-refractivity contribution in [3.63, 3.8) is 0 Å². The quantitative estimate of drug-likeness (QED) is 0.749. The Balaban J connectivity index is 2.08. The molecule has 0 unspecified atom stereocenters. The molecule has 3 amide bonds. The minimum absolute atomic E-state index is 0.0187. The summed E-state index contributed by atoms with van der Waals surface area (Å²) in [6, 6.07) is 6.09. The van der Waals surface area contributed by atoms with Crippen molar-refractivity contribution in [3.8, 4) is 11.3 Å². The Morgan fingerprint density at radius 1 is 1.29 bits per heavy atom. The zero-order valence-corrected chi connectivity index (χ0v) is 14.8. The van der Waals surface area contributed by atoms with Crippen LogP contribution in [0.15, 0.2) is 29.6 Å². The lowest BCUT2D eigenvalue weighted by Crippen LogP contribution is -2.49. The molecule has 0 saturated carbocycles. The number of urea groups is 1. The number of nitrogens with zero attached hydrogens (tertiary/aromatic N) is 1. The van der Waals surface area contributed by atoms with Gasteiger partial charge in [-0.3, -0.25) is 4.79 Å². The van der Waals surface area contributed by atoms with Crippen LogP contribution < -0.4 is 16.4 Å². The molecule has 6 nitrogen and oxygen atoms in total. The number of thiazole rings is 1. The first-order valence-electron chi connectivity index (χ1n) is 7.80. The number of amides is 3. The second-order valence-electron chi connectivity index (χ2n) is 5.69. The minimum Gasteiger partial charge on any atom is -0.352 e. The van der Waals surface area contributed by atoms with Crippen LogP contribution in [0.3, 0.4) is 0 Å².